The monoisotopic (exact) mass is 286 g/mol. The Morgan fingerprint density at radius 2 is 2.10 bits per heavy atom. The largest absolute Gasteiger partial charge is 0.466 e. The van der Waals surface area contributed by atoms with Crippen LogP contribution < -0.4 is 0 Å². The fraction of sp³-hybridized carbons (Fsp3) is 0.353. The van der Waals surface area contributed by atoms with E-state index in [0.29, 0.717) is 6.61 Å². The third-order valence-electron chi connectivity index (χ3n) is 4.13. The molecule has 1 heterocycles. The molecule has 1 aromatic carbocycles. The van der Waals surface area contributed by atoms with Gasteiger partial charge in [-0.1, -0.05) is 30.3 Å². The molecule has 0 N–H and O–H groups in total. The average molecular weight is 286 g/mol. The highest BCUT2D eigenvalue weighted by molar-refractivity contribution is 7.10. The van der Waals surface area contributed by atoms with E-state index in [1.54, 1.807) is 11.3 Å². The Labute approximate surface area is 123 Å². The SMILES string of the molecule is CCOC(=O)[C@@]1(C)Cc2sccc2[C@H]1c1ccccc1. The van der Waals surface area contributed by atoms with Gasteiger partial charge in [-0.15, -0.1) is 11.3 Å². The van der Waals surface area contributed by atoms with Crippen LogP contribution >= 0.6 is 11.3 Å². The van der Waals surface area contributed by atoms with Gasteiger partial charge in [-0.2, -0.15) is 0 Å². The summed E-state index contributed by atoms with van der Waals surface area (Å²) in [5, 5.41) is 2.12. The highest BCUT2D eigenvalue weighted by Gasteiger charge is 2.50. The molecule has 1 aromatic heterocycles. The highest BCUT2D eigenvalue weighted by atomic mass is 32.1. The van der Waals surface area contributed by atoms with Gasteiger partial charge in [-0.3, -0.25) is 4.79 Å². The maximum Gasteiger partial charge on any atom is 0.313 e. The van der Waals surface area contributed by atoms with Gasteiger partial charge in [0.05, 0.1) is 12.0 Å². The molecular weight excluding hydrogens is 268 g/mol. The minimum atomic E-state index is -0.486. The van der Waals surface area contributed by atoms with E-state index in [4.69, 9.17) is 4.74 Å². The molecular formula is C17H18O2S. The van der Waals surface area contributed by atoms with Crippen LogP contribution in [0.5, 0.6) is 0 Å². The summed E-state index contributed by atoms with van der Waals surface area (Å²) < 4.78 is 5.35. The van der Waals surface area contributed by atoms with Crippen LogP contribution in [-0.4, -0.2) is 12.6 Å². The van der Waals surface area contributed by atoms with Gasteiger partial charge in [-0.25, -0.2) is 0 Å². The maximum atomic E-state index is 12.5. The number of carbonyl (C=O) groups is 1. The van der Waals surface area contributed by atoms with Crippen LogP contribution in [0.3, 0.4) is 0 Å². The normalized spacial score (nSPS) is 24.4. The fourth-order valence-electron chi connectivity index (χ4n) is 3.21. The van der Waals surface area contributed by atoms with Crippen molar-refractivity contribution in [2.45, 2.75) is 26.2 Å². The second-order valence-electron chi connectivity index (χ2n) is 5.46. The summed E-state index contributed by atoms with van der Waals surface area (Å²) >= 11 is 1.74. The number of esters is 1. The third kappa shape index (κ3) is 1.97. The highest BCUT2D eigenvalue weighted by Crippen LogP contribution is 2.52. The summed E-state index contributed by atoms with van der Waals surface area (Å²) in [5.41, 5.74) is 2.00. The summed E-state index contributed by atoms with van der Waals surface area (Å²) in [6.07, 6.45) is 0.776. The number of ether oxygens (including phenoxy) is 1. The van der Waals surface area contributed by atoms with Crippen molar-refractivity contribution in [3.8, 4) is 0 Å². The summed E-state index contributed by atoms with van der Waals surface area (Å²) in [6, 6.07) is 12.4. The van der Waals surface area contributed by atoms with E-state index in [2.05, 4.69) is 23.6 Å². The first-order valence-electron chi connectivity index (χ1n) is 6.95. The molecule has 0 spiro atoms. The molecule has 104 valence electrons. The molecule has 3 rings (SSSR count). The lowest BCUT2D eigenvalue weighted by atomic mass is 9.74. The summed E-state index contributed by atoms with van der Waals surface area (Å²) in [4.78, 5) is 13.8. The zero-order chi connectivity index (χ0) is 14.2. The zero-order valence-electron chi connectivity index (χ0n) is 11.8. The first-order chi connectivity index (χ1) is 9.66. The Balaban J connectivity index is 2.08. The Kier molecular flexibility index (Phi) is 3.38. The Bertz CT molecular complexity index is 617. The van der Waals surface area contributed by atoms with Crippen LogP contribution in [0.1, 0.15) is 35.8 Å². The molecule has 0 saturated carbocycles. The van der Waals surface area contributed by atoms with Crippen molar-refractivity contribution in [2.75, 3.05) is 6.61 Å². The number of thiophene rings is 1. The van der Waals surface area contributed by atoms with Gasteiger partial charge in [0.15, 0.2) is 0 Å². The minimum Gasteiger partial charge on any atom is -0.466 e. The second kappa shape index (κ2) is 5.06. The van der Waals surface area contributed by atoms with Gasteiger partial charge >= 0.3 is 5.97 Å². The molecule has 0 radical (unpaired) electrons. The number of hydrogen-bond acceptors (Lipinski definition) is 3. The van der Waals surface area contributed by atoms with Crippen molar-refractivity contribution in [3.05, 3.63) is 57.8 Å². The van der Waals surface area contributed by atoms with E-state index in [0.717, 1.165) is 6.42 Å². The number of fused-ring (bicyclic) bond motifs is 1. The first kappa shape index (κ1) is 13.4. The van der Waals surface area contributed by atoms with E-state index < -0.39 is 5.41 Å². The molecule has 0 amide bonds. The van der Waals surface area contributed by atoms with Crippen molar-refractivity contribution >= 4 is 17.3 Å². The molecule has 1 aliphatic carbocycles. The molecule has 0 aliphatic heterocycles. The third-order valence-corrected chi connectivity index (χ3v) is 5.07. The summed E-state index contributed by atoms with van der Waals surface area (Å²) in [5.74, 6) is 0.0150. The number of rotatable bonds is 3. The van der Waals surface area contributed by atoms with Crippen molar-refractivity contribution in [2.24, 2.45) is 5.41 Å². The lowest BCUT2D eigenvalue weighted by Gasteiger charge is -2.30. The molecule has 2 aromatic rings. The average Bonchev–Trinajstić information content (AvgIpc) is 2.98. The molecule has 20 heavy (non-hydrogen) atoms. The number of benzene rings is 1. The maximum absolute atomic E-state index is 12.5. The Hall–Kier alpha value is -1.61. The van der Waals surface area contributed by atoms with Gasteiger partial charge in [0.1, 0.15) is 0 Å². The van der Waals surface area contributed by atoms with E-state index in [9.17, 15) is 4.79 Å². The molecule has 3 heteroatoms. The molecule has 0 saturated heterocycles. The van der Waals surface area contributed by atoms with Crippen LogP contribution in [0.2, 0.25) is 0 Å². The topological polar surface area (TPSA) is 26.3 Å². The Morgan fingerprint density at radius 3 is 2.80 bits per heavy atom. The van der Waals surface area contributed by atoms with E-state index >= 15 is 0 Å². The van der Waals surface area contributed by atoms with Crippen LogP contribution in [0.4, 0.5) is 0 Å². The molecule has 0 unspecified atom stereocenters. The Morgan fingerprint density at radius 1 is 1.35 bits per heavy atom. The standard InChI is InChI=1S/C17H18O2S/c1-3-19-16(18)17(2)11-14-13(9-10-20-14)15(17)12-7-5-4-6-8-12/h4-10,15H,3,11H2,1-2H3/t15-,17+/m1/s1. The molecule has 0 fully saturated rings. The zero-order valence-corrected chi connectivity index (χ0v) is 12.6. The van der Waals surface area contributed by atoms with Gasteiger partial charge in [0.2, 0.25) is 0 Å². The van der Waals surface area contributed by atoms with Crippen molar-refractivity contribution < 1.29 is 9.53 Å². The number of carbonyl (C=O) groups excluding carboxylic acids is 1. The predicted molar refractivity (Wildman–Crippen MR) is 81.0 cm³/mol. The van der Waals surface area contributed by atoms with Crippen LogP contribution in [0.15, 0.2) is 41.8 Å². The lowest BCUT2D eigenvalue weighted by molar-refractivity contribution is -0.154. The van der Waals surface area contributed by atoms with Gasteiger partial charge in [0.25, 0.3) is 0 Å². The smallest absolute Gasteiger partial charge is 0.313 e. The predicted octanol–water partition coefficient (Wildman–Crippen LogP) is 4.01. The summed E-state index contributed by atoms with van der Waals surface area (Å²) in [7, 11) is 0. The van der Waals surface area contributed by atoms with Gasteiger partial charge in [-0.05, 0) is 42.8 Å². The number of hydrogen-bond donors (Lipinski definition) is 0. The van der Waals surface area contributed by atoms with E-state index in [-0.39, 0.29) is 11.9 Å². The second-order valence-corrected chi connectivity index (χ2v) is 6.46. The lowest BCUT2D eigenvalue weighted by Crippen LogP contribution is -2.34. The van der Waals surface area contributed by atoms with E-state index in [1.807, 2.05) is 32.0 Å². The molecule has 0 bridgehead atoms. The first-order valence-corrected chi connectivity index (χ1v) is 7.83. The van der Waals surface area contributed by atoms with Crippen LogP contribution in [-0.2, 0) is 16.0 Å². The fourth-order valence-corrected chi connectivity index (χ4v) is 4.29. The molecule has 2 nitrogen and oxygen atoms in total. The van der Waals surface area contributed by atoms with Crippen molar-refractivity contribution in [1.82, 2.24) is 0 Å². The van der Waals surface area contributed by atoms with Gasteiger partial charge < -0.3 is 4.74 Å². The molecule has 1 aliphatic rings. The minimum absolute atomic E-state index is 0.0859. The van der Waals surface area contributed by atoms with Crippen molar-refractivity contribution in [1.29, 1.82) is 0 Å². The van der Waals surface area contributed by atoms with Crippen LogP contribution in [0.25, 0.3) is 0 Å². The molecule has 2 atom stereocenters. The van der Waals surface area contributed by atoms with Crippen LogP contribution in [0, 0.1) is 5.41 Å². The quantitative estimate of drug-likeness (QED) is 0.797. The van der Waals surface area contributed by atoms with Gasteiger partial charge in [0, 0.05) is 10.8 Å². The summed E-state index contributed by atoms with van der Waals surface area (Å²) in [6.45, 7) is 4.34. The van der Waals surface area contributed by atoms with E-state index in [1.165, 1.54) is 16.0 Å². The van der Waals surface area contributed by atoms with Crippen molar-refractivity contribution in [3.63, 3.8) is 0 Å².